The lowest BCUT2D eigenvalue weighted by molar-refractivity contribution is 0.305. The molecule has 1 heterocycles. The highest BCUT2D eigenvalue weighted by Gasteiger charge is 2.03. The van der Waals surface area contributed by atoms with Gasteiger partial charge in [0, 0.05) is 17.3 Å². The van der Waals surface area contributed by atoms with E-state index >= 15 is 0 Å². The molecule has 5 heteroatoms. The number of alkyl halides is 1. The fraction of sp³-hybridized carbons (Fsp3) is 0.133. The highest BCUT2D eigenvalue weighted by Crippen LogP contribution is 2.20. The van der Waals surface area contributed by atoms with Crippen molar-refractivity contribution in [2.75, 3.05) is 5.88 Å². The summed E-state index contributed by atoms with van der Waals surface area (Å²) in [5.41, 5.74) is 1.42. The summed E-state index contributed by atoms with van der Waals surface area (Å²) in [5.74, 6) is 6.04. The number of rotatable bonds is 3. The average molecular weight is 310 g/mol. The van der Waals surface area contributed by atoms with E-state index < -0.39 is 0 Å². The predicted octanol–water partition coefficient (Wildman–Crippen LogP) is 4.04. The molecule has 0 aliphatic carbocycles. The maximum atomic E-state index is 12.9. The van der Waals surface area contributed by atoms with Gasteiger partial charge in [-0.15, -0.1) is 11.6 Å². The van der Waals surface area contributed by atoms with Crippen LogP contribution in [0, 0.1) is 17.7 Å². The van der Waals surface area contributed by atoms with Crippen LogP contribution in [0.25, 0.3) is 0 Å². The van der Waals surface area contributed by atoms with Crippen LogP contribution in [0.5, 0.6) is 5.75 Å². The first-order valence-corrected chi connectivity index (χ1v) is 6.67. The Kier molecular flexibility index (Phi) is 5.23. The first-order valence-electron chi connectivity index (χ1n) is 5.75. The van der Waals surface area contributed by atoms with Crippen LogP contribution >= 0.6 is 23.2 Å². The molecule has 0 unspecified atom stereocenters. The minimum absolute atomic E-state index is 0.229. The number of hydrogen-bond acceptors (Lipinski definition) is 2. The molecule has 0 bridgehead atoms. The molecule has 102 valence electrons. The van der Waals surface area contributed by atoms with E-state index in [4.69, 9.17) is 27.9 Å². The summed E-state index contributed by atoms with van der Waals surface area (Å²) >= 11 is 11.4. The van der Waals surface area contributed by atoms with Crippen LogP contribution in [0.4, 0.5) is 4.39 Å². The summed E-state index contributed by atoms with van der Waals surface area (Å²) in [7, 11) is 0. The third-order valence-electron chi connectivity index (χ3n) is 2.42. The Labute approximate surface area is 126 Å². The van der Waals surface area contributed by atoms with Crippen molar-refractivity contribution in [1.82, 2.24) is 4.98 Å². The molecule has 0 N–H and O–H groups in total. The number of halogens is 3. The number of aromatic nitrogens is 1. The second-order valence-corrected chi connectivity index (χ2v) is 4.54. The summed E-state index contributed by atoms with van der Waals surface area (Å²) < 4.78 is 18.5. The lowest BCUT2D eigenvalue weighted by atomic mass is 10.2. The second kappa shape index (κ2) is 7.14. The third-order valence-corrected chi connectivity index (χ3v) is 2.91. The molecule has 0 amide bonds. The van der Waals surface area contributed by atoms with Crippen LogP contribution in [0.3, 0.4) is 0 Å². The number of ether oxygens (including phenoxy) is 1. The normalized spacial score (nSPS) is 9.75. The standard InChI is InChI=1S/C15H10Cl2FNO/c16-5-1-2-11-6-14(9-19-8-11)20-10-12-3-4-13(18)7-15(12)17/h3-4,6-9H,5,10H2. The molecule has 1 aromatic carbocycles. The van der Waals surface area contributed by atoms with Crippen molar-refractivity contribution in [1.29, 1.82) is 0 Å². The monoisotopic (exact) mass is 309 g/mol. The van der Waals surface area contributed by atoms with Gasteiger partial charge >= 0.3 is 0 Å². The number of pyridine rings is 1. The van der Waals surface area contributed by atoms with Crippen LogP contribution in [-0.4, -0.2) is 10.9 Å². The van der Waals surface area contributed by atoms with Crippen LogP contribution in [-0.2, 0) is 6.61 Å². The lowest BCUT2D eigenvalue weighted by Crippen LogP contribution is -1.97. The topological polar surface area (TPSA) is 22.1 Å². The summed E-state index contributed by atoms with van der Waals surface area (Å²) in [4.78, 5) is 4.02. The molecule has 0 saturated carbocycles. The fourth-order valence-corrected chi connectivity index (χ4v) is 1.79. The molecule has 2 aromatic rings. The highest BCUT2D eigenvalue weighted by molar-refractivity contribution is 6.31. The van der Waals surface area contributed by atoms with Crippen LogP contribution in [0.15, 0.2) is 36.7 Å². The largest absolute Gasteiger partial charge is 0.487 e. The van der Waals surface area contributed by atoms with Crippen LogP contribution < -0.4 is 4.74 Å². The summed E-state index contributed by atoms with van der Waals surface area (Å²) in [6.45, 7) is 0.229. The number of benzene rings is 1. The number of nitrogens with zero attached hydrogens (tertiary/aromatic N) is 1. The Bertz CT molecular complexity index is 664. The zero-order valence-corrected chi connectivity index (χ0v) is 11.9. The SMILES string of the molecule is Fc1ccc(COc2cncc(C#CCCl)c2)c(Cl)c1. The molecular formula is C15H10Cl2FNO. The second-order valence-electron chi connectivity index (χ2n) is 3.87. The molecule has 0 aliphatic rings. The fourth-order valence-electron chi connectivity index (χ4n) is 1.50. The Hall–Kier alpha value is -1.76. The van der Waals surface area contributed by atoms with Crippen molar-refractivity contribution in [3.63, 3.8) is 0 Å². The molecule has 0 fully saturated rings. The quantitative estimate of drug-likeness (QED) is 0.630. The Morgan fingerprint density at radius 1 is 1.25 bits per heavy atom. The molecule has 1 aromatic heterocycles. The van der Waals surface area contributed by atoms with E-state index in [1.807, 2.05) is 0 Å². The van der Waals surface area contributed by atoms with Gasteiger partial charge in [0.25, 0.3) is 0 Å². The van der Waals surface area contributed by atoms with Crippen molar-refractivity contribution < 1.29 is 9.13 Å². The smallest absolute Gasteiger partial charge is 0.139 e. The van der Waals surface area contributed by atoms with E-state index in [0.29, 0.717) is 21.9 Å². The maximum Gasteiger partial charge on any atom is 0.139 e. The summed E-state index contributed by atoms with van der Waals surface area (Å²) in [6.07, 6.45) is 3.20. The van der Waals surface area contributed by atoms with Gasteiger partial charge in [-0.3, -0.25) is 4.98 Å². The summed E-state index contributed by atoms with van der Waals surface area (Å²) in [5, 5.41) is 0.330. The van der Waals surface area contributed by atoms with E-state index in [-0.39, 0.29) is 18.3 Å². The Morgan fingerprint density at radius 2 is 2.10 bits per heavy atom. The van der Waals surface area contributed by atoms with E-state index in [0.717, 1.165) is 0 Å². The van der Waals surface area contributed by atoms with Gasteiger partial charge in [0.15, 0.2) is 0 Å². The van der Waals surface area contributed by atoms with Gasteiger partial charge in [0.2, 0.25) is 0 Å². The van der Waals surface area contributed by atoms with Crippen molar-refractivity contribution >= 4 is 23.2 Å². The highest BCUT2D eigenvalue weighted by atomic mass is 35.5. The number of hydrogen-bond donors (Lipinski definition) is 0. The van der Waals surface area contributed by atoms with Gasteiger partial charge in [-0.1, -0.05) is 29.5 Å². The van der Waals surface area contributed by atoms with Crippen molar-refractivity contribution in [3.05, 3.63) is 58.6 Å². The van der Waals surface area contributed by atoms with Crippen LogP contribution in [0.1, 0.15) is 11.1 Å². The first kappa shape index (κ1) is 14.6. The van der Waals surface area contributed by atoms with Crippen molar-refractivity contribution in [2.24, 2.45) is 0 Å². The van der Waals surface area contributed by atoms with Gasteiger partial charge < -0.3 is 4.74 Å². The van der Waals surface area contributed by atoms with E-state index in [1.165, 1.54) is 12.1 Å². The Balaban J connectivity index is 2.07. The zero-order valence-electron chi connectivity index (χ0n) is 10.4. The molecule has 20 heavy (non-hydrogen) atoms. The zero-order chi connectivity index (χ0) is 14.4. The van der Waals surface area contributed by atoms with E-state index in [1.54, 1.807) is 24.5 Å². The van der Waals surface area contributed by atoms with Gasteiger partial charge in [-0.05, 0) is 18.2 Å². The summed E-state index contributed by atoms with van der Waals surface area (Å²) in [6, 6.07) is 5.93. The molecule has 0 atom stereocenters. The maximum absolute atomic E-state index is 12.9. The van der Waals surface area contributed by atoms with Crippen LogP contribution in [0.2, 0.25) is 5.02 Å². The lowest BCUT2D eigenvalue weighted by Gasteiger charge is -2.07. The molecule has 2 nitrogen and oxygen atoms in total. The molecule has 0 spiro atoms. The van der Waals surface area contributed by atoms with Crippen molar-refractivity contribution in [3.8, 4) is 17.6 Å². The van der Waals surface area contributed by atoms with Gasteiger partial charge in [-0.2, -0.15) is 0 Å². The minimum atomic E-state index is -0.376. The molecule has 0 radical (unpaired) electrons. The molecule has 2 rings (SSSR count). The Morgan fingerprint density at radius 3 is 2.85 bits per heavy atom. The van der Waals surface area contributed by atoms with Gasteiger partial charge in [0.1, 0.15) is 18.2 Å². The third kappa shape index (κ3) is 4.12. The molecular weight excluding hydrogens is 300 g/mol. The first-order chi connectivity index (χ1) is 9.69. The van der Waals surface area contributed by atoms with Gasteiger partial charge in [0.05, 0.1) is 17.1 Å². The van der Waals surface area contributed by atoms with Crippen molar-refractivity contribution in [2.45, 2.75) is 6.61 Å². The van der Waals surface area contributed by atoms with E-state index in [9.17, 15) is 4.39 Å². The molecule has 0 aliphatic heterocycles. The van der Waals surface area contributed by atoms with E-state index in [2.05, 4.69) is 16.8 Å². The predicted molar refractivity (Wildman–Crippen MR) is 77.6 cm³/mol. The molecule has 0 saturated heterocycles. The minimum Gasteiger partial charge on any atom is -0.487 e. The van der Waals surface area contributed by atoms with Gasteiger partial charge in [-0.25, -0.2) is 4.39 Å². The average Bonchev–Trinajstić information content (AvgIpc) is 2.45.